The molecule has 1 fully saturated rings. The Morgan fingerprint density at radius 3 is 2.50 bits per heavy atom. The zero-order chi connectivity index (χ0) is 18.6. The Morgan fingerprint density at radius 1 is 1.15 bits per heavy atom. The van der Waals surface area contributed by atoms with Crippen molar-refractivity contribution in [2.24, 2.45) is 0 Å². The van der Waals surface area contributed by atoms with Gasteiger partial charge in [0.05, 0.1) is 18.1 Å². The van der Waals surface area contributed by atoms with Crippen LogP contribution in [0.1, 0.15) is 29.3 Å². The fourth-order valence-electron chi connectivity index (χ4n) is 2.85. The molecule has 0 atom stereocenters. The van der Waals surface area contributed by atoms with Gasteiger partial charge in [0.2, 0.25) is 0 Å². The van der Waals surface area contributed by atoms with Crippen LogP contribution in [0.5, 0.6) is 0 Å². The van der Waals surface area contributed by atoms with Crippen molar-refractivity contribution in [3.8, 4) is 0 Å². The van der Waals surface area contributed by atoms with Crippen molar-refractivity contribution in [2.45, 2.75) is 19.1 Å². The molecule has 26 heavy (non-hydrogen) atoms. The molecule has 1 heterocycles. The summed E-state index contributed by atoms with van der Waals surface area (Å²) in [6.45, 7) is 3.39. The Hall–Kier alpha value is -2.77. The van der Waals surface area contributed by atoms with E-state index >= 15 is 0 Å². The van der Waals surface area contributed by atoms with Gasteiger partial charge in [-0.3, -0.25) is 14.9 Å². The molecule has 1 aliphatic heterocycles. The molecule has 0 saturated carbocycles. The van der Waals surface area contributed by atoms with Crippen LogP contribution in [0.2, 0.25) is 0 Å². The number of benzene rings is 2. The number of nitro groups is 1. The standard InChI is InChI=1S/C19H20N2O5/c1-19(25-11-12-26-19)9-10-20-16-8-7-15(13-17(16)21(23)24)18(22)14-5-3-2-4-6-14/h2-8,13,20H,9-12H2,1H3. The fraction of sp³-hybridized carbons (Fsp3) is 0.316. The number of hydrogen-bond donors (Lipinski definition) is 1. The number of rotatable bonds is 7. The molecule has 0 aromatic heterocycles. The third-order valence-electron chi connectivity index (χ3n) is 4.29. The van der Waals surface area contributed by atoms with E-state index < -0.39 is 10.7 Å². The molecule has 1 aliphatic rings. The average Bonchev–Trinajstić information content (AvgIpc) is 3.08. The molecule has 0 amide bonds. The van der Waals surface area contributed by atoms with Crippen molar-refractivity contribution in [1.82, 2.24) is 0 Å². The smallest absolute Gasteiger partial charge is 0.293 e. The predicted octanol–water partition coefficient (Wildman–Crippen LogP) is 3.39. The minimum atomic E-state index is -0.662. The average molecular weight is 356 g/mol. The first kappa shape index (κ1) is 18.0. The molecule has 3 rings (SSSR count). The van der Waals surface area contributed by atoms with Gasteiger partial charge in [-0.1, -0.05) is 30.3 Å². The van der Waals surface area contributed by atoms with E-state index in [-0.39, 0.29) is 17.0 Å². The molecule has 1 saturated heterocycles. The number of carbonyl (C=O) groups is 1. The van der Waals surface area contributed by atoms with Crippen LogP contribution in [-0.2, 0) is 9.47 Å². The largest absolute Gasteiger partial charge is 0.379 e. The van der Waals surface area contributed by atoms with Crippen LogP contribution >= 0.6 is 0 Å². The van der Waals surface area contributed by atoms with E-state index in [1.165, 1.54) is 6.07 Å². The van der Waals surface area contributed by atoms with Gasteiger partial charge >= 0.3 is 0 Å². The Morgan fingerprint density at radius 2 is 1.85 bits per heavy atom. The maximum atomic E-state index is 12.5. The lowest BCUT2D eigenvalue weighted by atomic mass is 10.0. The molecule has 1 N–H and O–H groups in total. The SMILES string of the molecule is CC1(CCNc2ccc(C(=O)c3ccccc3)cc2[N+](=O)[O-])OCCO1. The zero-order valence-corrected chi connectivity index (χ0v) is 14.4. The van der Waals surface area contributed by atoms with Gasteiger partial charge in [0, 0.05) is 30.2 Å². The van der Waals surface area contributed by atoms with Gasteiger partial charge in [-0.25, -0.2) is 0 Å². The molecule has 2 aromatic carbocycles. The molecule has 0 radical (unpaired) electrons. The lowest BCUT2D eigenvalue weighted by Gasteiger charge is -2.22. The summed E-state index contributed by atoms with van der Waals surface area (Å²) in [6, 6.07) is 13.1. The van der Waals surface area contributed by atoms with Crippen molar-refractivity contribution >= 4 is 17.2 Å². The number of hydrogen-bond acceptors (Lipinski definition) is 6. The van der Waals surface area contributed by atoms with Crippen molar-refractivity contribution < 1.29 is 19.2 Å². The number of nitrogens with one attached hydrogen (secondary N) is 1. The summed E-state index contributed by atoms with van der Waals surface area (Å²) < 4.78 is 11.0. The van der Waals surface area contributed by atoms with Crippen molar-refractivity contribution in [1.29, 1.82) is 0 Å². The lowest BCUT2D eigenvalue weighted by Crippen LogP contribution is -2.28. The first-order chi connectivity index (χ1) is 12.5. The van der Waals surface area contributed by atoms with E-state index in [2.05, 4.69) is 5.32 Å². The summed E-state index contributed by atoms with van der Waals surface area (Å²) in [6.07, 6.45) is 0.550. The van der Waals surface area contributed by atoms with Crippen molar-refractivity contribution in [3.63, 3.8) is 0 Å². The maximum Gasteiger partial charge on any atom is 0.293 e. The molecule has 136 valence electrons. The van der Waals surface area contributed by atoms with Crippen LogP contribution < -0.4 is 5.32 Å². The van der Waals surface area contributed by atoms with Crippen LogP contribution in [-0.4, -0.2) is 36.3 Å². The van der Waals surface area contributed by atoms with E-state index in [0.717, 1.165) is 0 Å². The van der Waals surface area contributed by atoms with Crippen molar-refractivity contribution in [2.75, 3.05) is 25.1 Å². The third-order valence-corrected chi connectivity index (χ3v) is 4.29. The minimum Gasteiger partial charge on any atom is -0.379 e. The third kappa shape index (κ3) is 4.07. The number of nitro benzene ring substituents is 1. The van der Waals surface area contributed by atoms with E-state index in [1.54, 1.807) is 36.4 Å². The lowest BCUT2D eigenvalue weighted by molar-refractivity contribution is -0.384. The molecular weight excluding hydrogens is 336 g/mol. The van der Waals surface area contributed by atoms with Crippen molar-refractivity contribution in [3.05, 3.63) is 69.8 Å². The highest BCUT2D eigenvalue weighted by atomic mass is 16.7. The van der Waals surface area contributed by atoms with Gasteiger partial charge in [0.25, 0.3) is 5.69 Å². The summed E-state index contributed by atoms with van der Waals surface area (Å²) >= 11 is 0. The number of ether oxygens (including phenoxy) is 2. The zero-order valence-electron chi connectivity index (χ0n) is 14.4. The predicted molar refractivity (Wildman–Crippen MR) is 96.4 cm³/mol. The highest BCUT2D eigenvalue weighted by Gasteiger charge is 2.30. The van der Waals surface area contributed by atoms with Gasteiger partial charge in [0.15, 0.2) is 11.6 Å². The molecule has 7 nitrogen and oxygen atoms in total. The second-order valence-corrected chi connectivity index (χ2v) is 6.19. The summed E-state index contributed by atoms with van der Waals surface area (Å²) in [5, 5.41) is 14.5. The molecule has 0 aliphatic carbocycles. The first-order valence-electron chi connectivity index (χ1n) is 8.38. The van der Waals surface area contributed by atoms with E-state index in [0.29, 0.717) is 37.4 Å². The number of ketones is 1. The quantitative estimate of drug-likeness (QED) is 0.464. The van der Waals surface area contributed by atoms with Gasteiger partial charge in [0.1, 0.15) is 5.69 Å². The summed E-state index contributed by atoms with van der Waals surface area (Å²) in [5.41, 5.74) is 1.00. The molecule has 2 aromatic rings. The van der Waals surface area contributed by atoms with Crippen LogP contribution in [0, 0.1) is 10.1 Å². The highest BCUT2D eigenvalue weighted by Crippen LogP contribution is 2.28. The van der Waals surface area contributed by atoms with Crippen LogP contribution in [0.3, 0.4) is 0 Å². The monoisotopic (exact) mass is 356 g/mol. The van der Waals surface area contributed by atoms with E-state index in [1.807, 2.05) is 13.0 Å². The van der Waals surface area contributed by atoms with Crippen LogP contribution in [0.15, 0.2) is 48.5 Å². The highest BCUT2D eigenvalue weighted by molar-refractivity contribution is 6.09. The molecular formula is C19H20N2O5. The molecule has 0 unspecified atom stereocenters. The van der Waals surface area contributed by atoms with Gasteiger partial charge in [-0.15, -0.1) is 0 Å². The number of nitrogens with zero attached hydrogens (tertiary/aromatic N) is 1. The molecule has 0 bridgehead atoms. The summed E-state index contributed by atoms with van der Waals surface area (Å²) in [7, 11) is 0. The maximum absolute atomic E-state index is 12.5. The van der Waals surface area contributed by atoms with Crippen LogP contribution in [0.4, 0.5) is 11.4 Å². The van der Waals surface area contributed by atoms with E-state index in [4.69, 9.17) is 9.47 Å². The fourth-order valence-corrected chi connectivity index (χ4v) is 2.85. The first-order valence-corrected chi connectivity index (χ1v) is 8.38. The molecule has 7 heteroatoms. The summed E-state index contributed by atoms with van der Waals surface area (Å²) in [4.78, 5) is 23.4. The Kier molecular flexibility index (Phi) is 5.29. The topological polar surface area (TPSA) is 90.7 Å². The molecule has 0 spiro atoms. The van der Waals surface area contributed by atoms with Gasteiger partial charge < -0.3 is 14.8 Å². The minimum absolute atomic E-state index is 0.134. The van der Waals surface area contributed by atoms with Crippen LogP contribution in [0.25, 0.3) is 0 Å². The Labute approximate surface area is 151 Å². The second-order valence-electron chi connectivity index (χ2n) is 6.19. The second kappa shape index (κ2) is 7.63. The van der Waals surface area contributed by atoms with Gasteiger partial charge in [-0.05, 0) is 19.1 Å². The normalized spacial score (nSPS) is 15.6. The van der Waals surface area contributed by atoms with E-state index in [9.17, 15) is 14.9 Å². The van der Waals surface area contributed by atoms with Gasteiger partial charge in [-0.2, -0.15) is 0 Å². The number of anilines is 1. The Bertz CT molecular complexity index is 801. The Balaban J connectivity index is 1.74. The number of carbonyl (C=O) groups excluding carboxylic acids is 1. The summed E-state index contributed by atoms with van der Waals surface area (Å²) in [5.74, 6) is -0.911.